The molecule has 0 aliphatic carbocycles. The second kappa shape index (κ2) is 5.46. The Balaban J connectivity index is 3.00. The summed E-state index contributed by atoms with van der Waals surface area (Å²) in [5.74, 6) is 0. The van der Waals surface area contributed by atoms with Crippen molar-refractivity contribution in [2.24, 2.45) is 11.1 Å². The quantitative estimate of drug-likeness (QED) is 0.826. The molecule has 0 aliphatic rings. The van der Waals surface area contributed by atoms with Crippen LogP contribution in [0.25, 0.3) is 0 Å². The summed E-state index contributed by atoms with van der Waals surface area (Å²) in [6.07, 6.45) is 1.03. The minimum Gasteiger partial charge on any atom is -0.330 e. The van der Waals surface area contributed by atoms with Gasteiger partial charge in [-0.1, -0.05) is 44.2 Å². The largest absolute Gasteiger partial charge is 0.330 e. The first-order valence-corrected chi connectivity index (χ1v) is 5.90. The van der Waals surface area contributed by atoms with Crippen molar-refractivity contribution < 1.29 is 0 Å². The highest BCUT2D eigenvalue weighted by Crippen LogP contribution is 2.39. The van der Waals surface area contributed by atoms with E-state index < -0.39 is 0 Å². The molecule has 0 heterocycles. The first-order chi connectivity index (χ1) is 7.49. The van der Waals surface area contributed by atoms with E-state index in [4.69, 9.17) is 5.73 Å². The van der Waals surface area contributed by atoms with E-state index in [0.29, 0.717) is 6.04 Å². The van der Waals surface area contributed by atoms with E-state index in [1.807, 2.05) is 0 Å². The molecule has 0 aromatic heterocycles. The van der Waals surface area contributed by atoms with Crippen LogP contribution in [0.1, 0.15) is 31.9 Å². The third-order valence-corrected chi connectivity index (χ3v) is 3.16. The molecule has 2 N–H and O–H groups in total. The second-order valence-electron chi connectivity index (χ2n) is 5.30. The molecule has 0 bridgehead atoms. The number of benzene rings is 1. The molecular formula is C14H24N2. The van der Waals surface area contributed by atoms with Crippen LogP contribution in [0.4, 0.5) is 0 Å². The second-order valence-corrected chi connectivity index (χ2v) is 5.30. The zero-order valence-electron chi connectivity index (χ0n) is 10.9. The Morgan fingerprint density at radius 1 is 1.19 bits per heavy atom. The van der Waals surface area contributed by atoms with Gasteiger partial charge in [-0.25, -0.2) is 0 Å². The Bertz CT molecular complexity index is 304. The number of rotatable bonds is 5. The molecule has 90 valence electrons. The maximum Gasteiger partial charge on any atom is 0.0393 e. The van der Waals surface area contributed by atoms with Crippen LogP contribution in [0, 0.1) is 5.41 Å². The molecule has 2 heteroatoms. The number of nitrogens with zero attached hydrogens (tertiary/aromatic N) is 1. The maximum absolute atomic E-state index is 5.71. The average molecular weight is 220 g/mol. The van der Waals surface area contributed by atoms with Crippen LogP contribution in [0.5, 0.6) is 0 Å². The predicted octanol–water partition coefficient (Wildman–Crippen LogP) is 2.66. The number of hydrogen-bond donors (Lipinski definition) is 1. The van der Waals surface area contributed by atoms with Gasteiger partial charge in [-0.2, -0.15) is 0 Å². The lowest BCUT2D eigenvalue weighted by molar-refractivity contribution is 0.128. The molecule has 0 saturated heterocycles. The molecule has 0 spiro atoms. The van der Waals surface area contributed by atoms with Gasteiger partial charge in [0.15, 0.2) is 0 Å². The molecule has 1 aromatic carbocycles. The van der Waals surface area contributed by atoms with Crippen LogP contribution in [0.15, 0.2) is 30.3 Å². The van der Waals surface area contributed by atoms with Crippen LogP contribution in [0.3, 0.4) is 0 Å². The predicted molar refractivity (Wildman–Crippen MR) is 70.3 cm³/mol. The summed E-state index contributed by atoms with van der Waals surface area (Å²) < 4.78 is 0. The minimum atomic E-state index is 0.194. The fraction of sp³-hybridized carbons (Fsp3) is 0.571. The standard InChI is InChI=1S/C14H24N2/c1-14(2,10-11-15)13(16(3)4)12-8-6-5-7-9-12/h5-9,13H,10-11,15H2,1-4H3. The fourth-order valence-electron chi connectivity index (χ4n) is 2.59. The van der Waals surface area contributed by atoms with Crippen molar-refractivity contribution in [3.05, 3.63) is 35.9 Å². The van der Waals surface area contributed by atoms with Gasteiger partial charge >= 0.3 is 0 Å². The van der Waals surface area contributed by atoms with Crippen LogP contribution >= 0.6 is 0 Å². The van der Waals surface area contributed by atoms with Crippen molar-refractivity contribution in [3.8, 4) is 0 Å². The van der Waals surface area contributed by atoms with Crippen molar-refractivity contribution in [1.82, 2.24) is 4.90 Å². The Morgan fingerprint density at radius 2 is 1.75 bits per heavy atom. The number of hydrogen-bond acceptors (Lipinski definition) is 2. The Kier molecular flexibility index (Phi) is 4.51. The molecule has 1 rings (SSSR count). The smallest absolute Gasteiger partial charge is 0.0393 e. The highest BCUT2D eigenvalue weighted by atomic mass is 15.1. The van der Waals surface area contributed by atoms with Crippen molar-refractivity contribution in [1.29, 1.82) is 0 Å². The average Bonchev–Trinajstić information content (AvgIpc) is 2.17. The third-order valence-electron chi connectivity index (χ3n) is 3.16. The van der Waals surface area contributed by atoms with Gasteiger partial charge in [-0.05, 0) is 38.0 Å². The summed E-state index contributed by atoms with van der Waals surface area (Å²) in [6.45, 7) is 5.32. The summed E-state index contributed by atoms with van der Waals surface area (Å²) in [7, 11) is 4.27. The van der Waals surface area contributed by atoms with Crippen molar-refractivity contribution in [3.63, 3.8) is 0 Å². The maximum atomic E-state index is 5.71. The summed E-state index contributed by atoms with van der Waals surface area (Å²) >= 11 is 0. The molecule has 0 aliphatic heterocycles. The zero-order chi connectivity index (χ0) is 12.2. The summed E-state index contributed by atoms with van der Waals surface area (Å²) in [5.41, 5.74) is 7.27. The number of nitrogens with two attached hydrogens (primary N) is 1. The monoisotopic (exact) mass is 220 g/mol. The molecule has 1 atom stereocenters. The van der Waals surface area contributed by atoms with E-state index in [1.54, 1.807) is 0 Å². The molecule has 0 fully saturated rings. The van der Waals surface area contributed by atoms with Crippen molar-refractivity contribution in [2.45, 2.75) is 26.3 Å². The van der Waals surface area contributed by atoms with Crippen molar-refractivity contribution >= 4 is 0 Å². The molecule has 2 nitrogen and oxygen atoms in total. The SMILES string of the molecule is CN(C)C(c1ccccc1)C(C)(C)CCN. The van der Waals surface area contributed by atoms with Crippen LogP contribution in [-0.2, 0) is 0 Å². The van der Waals surface area contributed by atoms with Gasteiger partial charge in [-0.3, -0.25) is 0 Å². The van der Waals surface area contributed by atoms with Crippen LogP contribution in [0.2, 0.25) is 0 Å². The van der Waals surface area contributed by atoms with E-state index in [9.17, 15) is 0 Å². The van der Waals surface area contributed by atoms with Gasteiger partial charge in [-0.15, -0.1) is 0 Å². The van der Waals surface area contributed by atoms with Gasteiger partial charge < -0.3 is 10.6 Å². The fourth-order valence-corrected chi connectivity index (χ4v) is 2.59. The Morgan fingerprint density at radius 3 is 2.19 bits per heavy atom. The normalized spacial score (nSPS) is 14.1. The van der Waals surface area contributed by atoms with E-state index in [-0.39, 0.29) is 5.41 Å². The Labute approximate surface area is 99.5 Å². The van der Waals surface area contributed by atoms with E-state index in [0.717, 1.165) is 13.0 Å². The lowest BCUT2D eigenvalue weighted by Crippen LogP contribution is -2.35. The summed E-state index contributed by atoms with van der Waals surface area (Å²) in [5, 5.41) is 0. The first kappa shape index (κ1) is 13.2. The summed E-state index contributed by atoms with van der Waals surface area (Å²) in [6, 6.07) is 11.1. The molecule has 16 heavy (non-hydrogen) atoms. The zero-order valence-corrected chi connectivity index (χ0v) is 10.9. The molecule has 0 radical (unpaired) electrons. The van der Waals surface area contributed by atoms with Crippen molar-refractivity contribution in [2.75, 3.05) is 20.6 Å². The van der Waals surface area contributed by atoms with E-state index >= 15 is 0 Å². The van der Waals surface area contributed by atoms with Crippen LogP contribution < -0.4 is 5.73 Å². The highest BCUT2D eigenvalue weighted by Gasteiger charge is 2.31. The van der Waals surface area contributed by atoms with E-state index in [2.05, 4.69) is 63.2 Å². The topological polar surface area (TPSA) is 29.3 Å². The third kappa shape index (κ3) is 3.06. The lowest BCUT2D eigenvalue weighted by atomic mass is 9.77. The van der Waals surface area contributed by atoms with Gasteiger partial charge in [0, 0.05) is 6.04 Å². The first-order valence-electron chi connectivity index (χ1n) is 5.90. The molecular weight excluding hydrogens is 196 g/mol. The molecule has 1 unspecified atom stereocenters. The summed E-state index contributed by atoms with van der Waals surface area (Å²) in [4.78, 5) is 2.28. The van der Waals surface area contributed by atoms with Gasteiger partial charge in [0.05, 0.1) is 0 Å². The molecule has 1 aromatic rings. The van der Waals surface area contributed by atoms with Gasteiger partial charge in [0.2, 0.25) is 0 Å². The highest BCUT2D eigenvalue weighted by molar-refractivity contribution is 5.21. The van der Waals surface area contributed by atoms with Gasteiger partial charge in [0.1, 0.15) is 0 Å². The Hall–Kier alpha value is -0.860. The van der Waals surface area contributed by atoms with E-state index in [1.165, 1.54) is 5.56 Å². The van der Waals surface area contributed by atoms with Crippen LogP contribution in [-0.4, -0.2) is 25.5 Å². The molecule has 0 amide bonds. The lowest BCUT2D eigenvalue weighted by Gasteiger charge is -2.39. The van der Waals surface area contributed by atoms with Gasteiger partial charge in [0.25, 0.3) is 0 Å². The minimum absolute atomic E-state index is 0.194. The molecule has 0 saturated carbocycles.